The van der Waals surface area contributed by atoms with Crippen molar-refractivity contribution in [3.05, 3.63) is 34.7 Å². The van der Waals surface area contributed by atoms with Crippen LogP contribution in [0.3, 0.4) is 0 Å². The predicted octanol–water partition coefficient (Wildman–Crippen LogP) is 3.80. The minimum atomic E-state index is -0.782. The number of esters is 1. The lowest BCUT2D eigenvalue weighted by Crippen LogP contribution is -2.28. The molecule has 2 heterocycles. The standard InChI is InChI=1S/C18H16ClFN4O3/c1-18(2,3)27-14(25)7-22-13-5-12(20)11(6-21)15-10-4-9(19)8-24(26)17(10)23-16(13)15/h4-5,8,22,26H,7H2,1-3H3. The number of hydrogen-bond donors (Lipinski definition) is 2. The fourth-order valence-corrected chi connectivity index (χ4v) is 2.95. The molecule has 0 spiro atoms. The van der Waals surface area contributed by atoms with Gasteiger partial charge in [0, 0.05) is 17.0 Å². The van der Waals surface area contributed by atoms with E-state index in [1.54, 1.807) is 20.8 Å². The van der Waals surface area contributed by atoms with Crippen LogP contribution in [-0.4, -0.2) is 33.0 Å². The second-order valence-corrected chi connectivity index (χ2v) is 7.34. The van der Waals surface area contributed by atoms with Crippen molar-refractivity contribution in [1.29, 1.82) is 5.26 Å². The number of carbonyl (C=O) groups excluding carboxylic acids is 1. The molecule has 3 rings (SSSR count). The van der Waals surface area contributed by atoms with E-state index in [9.17, 15) is 19.7 Å². The molecule has 2 aliphatic heterocycles. The molecule has 7 nitrogen and oxygen atoms in total. The summed E-state index contributed by atoms with van der Waals surface area (Å²) in [6.07, 6.45) is 1.23. The van der Waals surface area contributed by atoms with Crippen molar-refractivity contribution in [2.24, 2.45) is 0 Å². The van der Waals surface area contributed by atoms with E-state index in [0.717, 1.165) is 6.07 Å². The molecule has 0 radical (unpaired) electrons. The van der Waals surface area contributed by atoms with E-state index < -0.39 is 17.4 Å². The summed E-state index contributed by atoms with van der Waals surface area (Å²) in [5.41, 5.74) is -0.138. The lowest BCUT2D eigenvalue weighted by atomic mass is 10.0. The van der Waals surface area contributed by atoms with Crippen LogP contribution in [0.15, 0.2) is 18.3 Å². The Morgan fingerprint density at radius 2 is 2.19 bits per heavy atom. The molecule has 0 atom stereocenters. The summed E-state index contributed by atoms with van der Waals surface area (Å²) >= 11 is 5.96. The second kappa shape index (κ2) is 6.59. The van der Waals surface area contributed by atoms with Crippen LogP contribution < -0.4 is 5.32 Å². The number of nitrogens with one attached hydrogen (secondary N) is 1. The number of anilines is 1. The fraction of sp³-hybridized carbons (Fsp3) is 0.278. The Bertz CT molecular complexity index is 1070. The number of pyridine rings is 1. The molecule has 0 saturated heterocycles. The number of nitriles is 1. The number of rotatable bonds is 3. The number of nitrogens with zero attached hydrogens (tertiary/aromatic N) is 3. The molecule has 1 aromatic carbocycles. The van der Waals surface area contributed by atoms with Crippen molar-refractivity contribution in [2.75, 3.05) is 11.9 Å². The number of carbonyl (C=O) groups is 1. The molecule has 2 aliphatic rings. The van der Waals surface area contributed by atoms with E-state index in [1.165, 1.54) is 12.3 Å². The molecule has 1 aromatic rings. The molecule has 140 valence electrons. The summed E-state index contributed by atoms with van der Waals surface area (Å²) in [6.45, 7) is 4.99. The molecule has 0 fully saturated rings. The van der Waals surface area contributed by atoms with Gasteiger partial charge in [0.25, 0.3) is 0 Å². The molecule has 2 N–H and O–H groups in total. The highest BCUT2D eigenvalue weighted by Crippen LogP contribution is 2.39. The Hall–Kier alpha value is -3.05. The third kappa shape index (κ3) is 3.59. The van der Waals surface area contributed by atoms with E-state index in [2.05, 4.69) is 10.3 Å². The molecule has 0 aromatic heterocycles. The summed E-state index contributed by atoms with van der Waals surface area (Å²) in [4.78, 5) is 16.2. The topological polar surface area (TPSA) is 100 Å². The average Bonchev–Trinajstić information content (AvgIpc) is 2.91. The second-order valence-electron chi connectivity index (χ2n) is 6.91. The van der Waals surface area contributed by atoms with Crippen LogP contribution in [0.4, 0.5) is 10.1 Å². The van der Waals surface area contributed by atoms with Gasteiger partial charge in [-0.05, 0) is 26.8 Å². The first-order valence-electron chi connectivity index (χ1n) is 7.99. The predicted molar refractivity (Wildman–Crippen MR) is 97.6 cm³/mol. The SMILES string of the molecule is CC(C)(C)OC(=O)CNc1cc(F)c(C#N)c2c3cc(Cl)cn(O)c-3nc12. The van der Waals surface area contributed by atoms with Gasteiger partial charge in [-0.3, -0.25) is 4.79 Å². The summed E-state index contributed by atoms with van der Waals surface area (Å²) in [5.74, 6) is -1.20. The van der Waals surface area contributed by atoms with Gasteiger partial charge in [0.05, 0.1) is 28.0 Å². The van der Waals surface area contributed by atoms with E-state index in [-0.39, 0.29) is 39.5 Å². The summed E-state index contributed by atoms with van der Waals surface area (Å²) < 4.78 is 20.4. The molecular weight excluding hydrogens is 375 g/mol. The zero-order chi connectivity index (χ0) is 19.9. The van der Waals surface area contributed by atoms with E-state index in [4.69, 9.17) is 16.3 Å². The highest BCUT2D eigenvalue weighted by molar-refractivity contribution is 6.31. The van der Waals surface area contributed by atoms with Gasteiger partial charge >= 0.3 is 5.97 Å². The van der Waals surface area contributed by atoms with Gasteiger partial charge in [-0.1, -0.05) is 11.6 Å². The zero-order valence-electron chi connectivity index (χ0n) is 14.8. The highest BCUT2D eigenvalue weighted by atomic mass is 35.5. The number of fused-ring (bicyclic) bond motifs is 3. The van der Waals surface area contributed by atoms with Crippen LogP contribution in [0.2, 0.25) is 5.02 Å². The van der Waals surface area contributed by atoms with Crippen LogP contribution in [0.1, 0.15) is 26.3 Å². The van der Waals surface area contributed by atoms with Crippen molar-refractivity contribution in [3.63, 3.8) is 0 Å². The first-order chi connectivity index (χ1) is 12.6. The van der Waals surface area contributed by atoms with E-state index in [1.807, 2.05) is 6.07 Å². The van der Waals surface area contributed by atoms with Crippen molar-refractivity contribution in [1.82, 2.24) is 9.71 Å². The van der Waals surface area contributed by atoms with Gasteiger partial charge in [-0.2, -0.15) is 9.99 Å². The molecule has 9 heteroatoms. The fourth-order valence-electron chi connectivity index (χ4n) is 2.75. The summed E-state index contributed by atoms with van der Waals surface area (Å²) in [7, 11) is 0. The Balaban J connectivity index is 2.12. The Labute approximate surface area is 159 Å². The molecule has 0 bridgehead atoms. The van der Waals surface area contributed by atoms with Gasteiger partial charge in [0.1, 0.15) is 24.0 Å². The lowest BCUT2D eigenvalue weighted by molar-refractivity contribution is -0.152. The summed E-state index contributed by atoms with van der Waals surface area (Å²) in [5, 5.41) is 22.6. The third-order valence-corrected chi connectivity index (χ3v) is 3.89. The number of hydrogen-bond acceptors (Lipinski definition) is 6. The minimum absolute atomic E-state index is 0.108. The Kier molecular flexibility index (Phi) is 4.57. The van der Waals surface area contributed by atoms with Gasteiger partial charge in [-0.25, -0.2) is 9.37 Å². The third-order valence-electron chi connectivity index (χ3n) is 3.68. The van der Waals surface area contributed by atoms with Gasteiger partial charge in [0.2, 0.25) is 0 Å². The largest absolute Gasteiger partial charge is 0.459 e. The average molecular weight is 391 g/mol. The van der Waals surface area contributed by atoms with Crippen LogP contribution in [0.25, 0.3) is 22.3 Å². The van der Waals surface area contributed by atoms with Crippen molar-refractivity contribution in [3.8, 4) is 17.5 Å². The molecule has 0 saturated carbocycles. The monoisotopic (exact) mass is 390 g/mol. The Morgan fingerprint density at radius 3 is 2.81 bits per heavy atom. The van der Waals surface area contributed by atoms with E-state index >= 15 is 0 Å². The lowest BCUT2D eigenvalue weighted by Gasteiger charge is -2.19. The number of aromatic nitrogens is 2. The summed E-state index contributed by atoms with van der Waals surface area (Å²) in [6, 6.07) is 4.38. The van der Waals surface area contributed by atoms with Crippen molar-refractivity contribution in [2.45, 2.75) is 26.4 Å². The first kappa shape index (κ1) is 18.7. The highest BCUT2D eigenvalue weighted by Gasteiger charge is 2.24. The Morgan fingerprint density at radius 1 is 1.48 bits per heavy atom. The van der Waals surface area contributed by atoms with Crippen LogP contribution in [0.5, 0.6) is 0 Å². The molecular formula is C18H16ClFN4O3. The number of ether oxygens (including phenoxy) is 1. The van der Waals surface area contributed by atoms with Gasteiger partial charge in [-0.15, -0.1) is 0 Å². The van der Waals surface area contributed by atoms with Crippen molar-refractivity contribution >= 4 is 34.2 Å². The molecule has 0 amide bonds. The maximum atomic E-state index is 14.5. The maximum absolute atomic E-state index is 14.5. The minimum Gasteiger partial charge on any atom is -0.459 e. The van der Waals surface area contributed by atoms with Gasteiger partial charge < -0.3 is 15.3 Å². The smallest absolute Gasteiger partial charge is 0.325 e. The van der Waals surface area contributed by atoms with E-state index in [0.29, 0.717) is 10.3 Å². The van der Waals surface area contributed by atoms with Gasteiger partial charge in [0.15, 0.2) is 5.82 Å². The van der Waals surface area contributed by atoms with Crippen LogP contribution >= 0.6 is 11.6 Å². The van der Waals surface area contributed by atoms with Crippen molar-refractivity contribution < 1.29 is 19.1 Å². The first-order valence-corrected chi connectivity index (χ1v) is 8.37. The molecule has 27 heavy (non-hydrogen) atoms. The number of benzene rings is 1. The number of halogens is 2. The maximum Gasteiger partial charge on any atom is 0.325 e. The quantitative estimate of drug-likeness (QED) is 0.521. The van der Waals surface area contributed by atoms with Crippen LogP contribution in [-0.2, 0) is 9.53 Å². The molecule has 0 unspecified atom stereocenters. The molecule has 0 aliphatic carbocycles. The zero-order valence-corrected chi connectivity index (χ0v) is 15.6. The van der Waals surface area contributed by atoms with Crippen LogP contribution in [0, 0.1) is 17.1 Å². The normalized spacial score (nSPS) is 11.6.